The maximum atomic E-state index is 11.5. The number of sulfone groups is 1. The summed E-state index contributed by atoms with van der Waals surface area (Å²) >= 11 is 0. The smallest absolute Gasteiger partial charge is 0.159 e. The largest absolute Gasteiger partial charge is 0.409 e. The van der Waals surface area contributed by atoms with Crippen molar-refractivity contribution in [1.82, 2.24) is 9.80 Å². The Bertz CT molecular complexity index is 481. The third-order valence-corrected chi connectivity index (χ3v) is 6.31. The molecule has 3 N–H and O–H groups in total. The van der Waals surface area contributed by atoms with E-state index in [0.29, 0.717) is 5.75 Å². The summed E-state index contributed by atoms with van der Waals surface area (Å²) in [6.07, 6.45) is 0.742. The molecule has 20 heavy (non-hydrogen) atoms. The maximum absolute atomic E-state index is 11.5. The third kappa shape index (κ3) is 3.07. The lowest BCUT2D eigenvalue weighted by Gasteiger charge is -2.44. The predicted octanol–water partition coefficient (Wildman–Crippen LogP) is -0.684. The first kappa shape index (κ1) is 15.5. The van der Waals surface area contributed by atoms with E-state index in [1.54, 1.807) is 0 Å². The molecule has 1 atom stereocenters. The zero-order chi connectivity index (χ0) is 15.0. The molecule has 0 aliphatic carbocycles. The highest BCUT2D eigenvalue weighted by Crippen LogP contribution is 2.22. The van der Waals surface area contributed by atoms with E-state index >= 15 is 0 Å². The van der Waals surface area contributed by atoms with Crippen molar-refractivity contribution in [2.24, 2.45) is 10.9 Å². The van der Waals surface area contributed by atoms with E-state index in [-0.39, 0.29) is 17.6 Å². The summed E-state index contributed by atoms with van der Waals surface area (Å²) in [5.41, 5.74) is 5.26. The van der Waals surface area contributed by atoms with E-state index in [1.165, 1.54) is 0 Å². The molecule has 0 amide bonds. The summed E-state index contributed by atoms with van der Waals surface area (Å²) in [7, 11) is -2.83. The predicted molar refractivity (Wildman–Crippen MR) is 77.7 cm³/mol. The Morgan fingerprint density at radius 1 is 1.30 bits per heavy atom. The molecule has 0 aromatic rings. The first-order chi connectivity index (χ1) is 9.26. The van der Waals surface area contributed by atoms with Crippen LogP contribution in [0.1, 0.15) is 20.3 Å². The van der Waals surface area contributed by atoms with Gasteiger partial charge in [0.2, 0.25) is 0 Å². The monoisotopic (exact) mass is 304 g/mol. The average Bonchev–Trinajstić information content (AvgIpc) is 2.78. The van der Waals surface area contributed by atoms with Crippen LogP contribution in [0.25, 0.3) is 0 Å². The van der Waals surface area contributed by atoms with Crippen molar-refractivity contribution >= 4 is 15.7 Å². The van der Waals surface area contributed by atoms with Gasteiger partial charge in [-0.05, 0) is 20.3 Å². The van der Waals surface area contributed by atoms with Crippen molar-refractivity contribution in [1.29, 1.82) is 0 Å². The molecule has 1 unspecified atom stereocenters. The molecule has 2 saturated heterocycles. The minimum atomic E-state index is -2.83. The SMILES string of the molecule is CC(C)(C(N)=NO)N1CCN(C2CCS(=O)(=O)C2)CC1. The average molecular weight is 304 g/mol. The van der Waals surface area contributed by atoms with E-state index in [4.69, 9.17) is 10.9 Å². The highest BCUT2D eigenvalue weighted by Gasteiger charge is 2.37. The van der Waals surface area contributed by atoms with Gasteiger partial charge >= 0.3 is 0 Å². The number of oxime groups is 1. The molecular formula is C12H24N4O3S. The van der Waals surface area contributed by atoms with Crippen LogP contribution in [-0.4, -0.2) is 78.5 Å². The lowest BCUT2D eigenvalue weighted by molar-refractivity contribution is 0.0647. The highest BCUT2D eigenvalue weighted by molar-refractivity contribution is 7.91. The van der Waals surface area contributed by atoms with Crippen LogP contribution in [0.5, 0.6) is 0 Å². The molecule has 2 fully saturated rings. The minimum Gasteiger partial charge on any atom is -0.409 e. The van der Waals surface area contributed by atoms with Crippen molar-refractivity contribution in [3.05, 3.63) is 0 Å². The lowest BCUT2D eigenvalue weighted by Crippen LogP contribution is -2.61. The van der Waals surface area contributed by atoms with Gasteiger partial charge in [0.25, 0.3) is 0 Å². The number of nitrogens with two attached hydrogens (primary N) is 1. The number of hydrogen-bond donors (Lipinski definition) is 2. The van der Waals surface area contributed by atoms with Crippen LogP contribution in [0.15, 0.2) is 5.16 Å². The van der Waals surface area contributed by atoms with Crippen LogP contribution in [0.3, 0.4) is 0 Å². The molecule has 0 radical (unpaired) electrons. The molecular weight excluding hydrogens is 280 g/mol. The number of nitrogens with zero attached hydrogens (tertiary/aromatic N) is 3. The fraction of sp³-hybridized carbons (Fsp3) is 0.917. The number of amidine groups is 1. The maximum Gasteiger partial charge on any atom is 0.159 e. The zero-order valence-electron chi connectivity index (χ0n) is 12.1. The Morgan fingerprint density at radius 3 is 2.35 bits per heavy atom. The summed E-state index contributed by atoms with van der Waals surface area (Å²) in [6.45, 7) is 7.08. The second-order valence-corrected chi connectivity index (χ2v) is 8.35. The van der Waals surface area contributed by atoms with Gasteiger partial charge in [-0.3, -0.25) is 9.80 Å². The van der Waals surface area contributed by atoms with Gasteiger partial charge in [-0.25, -0.2) is 8.42 Å². The van der Waals surface area contributed by atoms with Gasteiger partial charge < -0.3 is 10.9 Å². The highest BCUT2D eigenvalue weighted by atomic mass is 32.2. The topological polar surface area (TPSA) is 99.2 Å². The molecule has 116 valence electrons. The van der Waals surface area contributed by atoms with Gasteiger partial charge in [-0.1, -0.05) is 5.16 Å². The first-order valence-corrected chi connectivity index (χ1v) is 8.76. The first-order valence-electron chi connectivity index (χ1n) is 6.94. The van der Waals surface area contributed by atoms with Crippen LogP contribution < -0.4 is 5.73 Å². The van der Waals surface area contributed by atoms with Gasteiger partial charge in [0.1, 0.15) is 0 Å². The Balaban J connectivity index is 1.93. The fourth-order valence-corrected chi connectivity index (χ4v) is 4.76. The zero-order valence-corrected chi connectivity index (χ0v) is 12.9. The summed E-state index contributed by atoms with van der Waals surface area (Å²) in [5, 5.41) is 12.0. The molecule has 0 spiro atoms. The summed E-state index contributed by atoms with van der Waals surface area (Å²) < 4.78 is 23.1. The molecule has 2 aliphatic heterocycles. The van der Waals surface area contributed by atoms with Crippen molar-refractivity contribution in [3.8, 4) is 0 Å². The van der Waals surface area contributed by atoms with E-state index in [1.807, 2.05) is 13.8 Å². The number of hydrogen-bond acceptors (Lipinski definition) is 6. The van der Waals surface area contributed by atoms with Gasteiger partial charge in [-0.15, -0.1) is 0 Å². The Morgan fingerprint density at radius 2 is 1.90 bits per heavy atom. The van der Waals surface area contributed by atoms with Crippen molar-refractivity contribution in [2.75, 3.05) is 37.7 Å². The van der Waals surface area contributed by atoms with Crippen LogP contribution in [0.2, 0.25) is 0 Å². The second kappa shape index (κ2) is 5.50. The minimum absolute atomic E-state index is 0.161. The van der Waals surface area contributed by atoms with Crippen LogP contribution in [0.4, 0.5) is 0 Å². The molecule has 0 saturated carbocycles. The van der Waals surface area contributed by atoms with Crippen molar-refractivity contribution in [3.63, 3.8) is 0 Å². The van der Waals surface area contributed by atoms with E-state index < -0.39 is 15.4 Å². The number of piperazine rings is 1. The van der Waals surface area contributed by atoms with Gasteiger partial charge in [0, 0.05) is 32.2 Å². The van der Waals surface area contributed by atoms with Gasteiger partial charge in [0.15, 0.2) is 15.7 Å². The van der Waals surface area contributed by atoms with Gasteiger partial charge in [-0.2, -0.15) is 0 Å². The molecule has 2 rings (SSSR count). The Labute approximate surface area is 120 Å². The van der Waals surface area contributed by atoms with Crippen LogP contribution >= 0.6 is 0 Å². The van der Waals surface area contributed by atoms with E-state index in [9.17, 15) is 8.42 Å². The third-order valence-electron chi connectivity index (χ3n) is 4.56. The van der Waals surface area contributed by atoms with E-state index in [0.717, 1.165) is 32.6 Å². The molecule has 2 aliphatic rings. The second-order valence-electron chi connectivity index (χ2n) is 6.12. The normalized spacial score (nSPS) is 29.7. The summed E-state index contributed by atoms with van der Waals surface area (Å²) in [5.74, 6) is 0.804. The van der Waals surface area contributed by atoms with E-state index in [2.05, 4.69) is 15.0 Å². The van der Waals surface area contributed by atoms with Crippen molar-refractivity contribution < 1.29 is 13.6 Å². The number of rotatable bonds is 3. The molecule has 2 heterocycles. The van der Waals surface area contributed by atoms with Crippen molar-refractivity contribution in [2.45, 2.75) is 31.8 Å². The lowest BCUT2D eigenvalue weighted by atomic mass is 10.00. The molecule has 0 bridgehead atoms. The molecule has 0 aromatic heterocycles. The summed E-state index contributed by atoms with van der Waals surface area (Å²) in [6, 6.07) is 0.161. The standard InChI is InChI=1S/C12H24N4O3S/c1-12(2,11(13)14-17)16-6-4-15(5-7-16)10-3-8-20(18,19)9-10/h10,17H,3-9H2,1-2H3,(H2,13,14). The van der Waals surface area contributed by atoms with Crippen LogP contribution in [0, 0.1) is 0 Å². The molecule has 7 nitrogen and oxygen atoms in total. The summed E-state index contributed by atoms with van der Waals surface area (Å²) in [4.78, 5) is 4.42. The molecule has 0 aromatic carbocycles. The Hall–Kier alpha value is -0.860. The van der Waals surface area contributed by atoms with Gasteiger partial charge in [0.05, 0.1) is 17.0 Å². The van der Waals surface area contributed by atoms with Crippen LogP contribution in [-0.2, 0) is 9.84 Å². The molecule has 8 heteroatoms. The fourth-order valence-electron chi connectivity index (χ4n) is 2.99. The quantitative estimate of drug-likeness (QED) is 0.310. The Kier molecular flexibility index (Phi) is 4.27.